The second-order valence-corrected chi connectivity index (χ2v) is 4.80. The highest BCUT2D eigenvalue weighted by atomic mass is 16.1. The predicted octanol–water partition coefficient (Wildman–Crippen LogP) is 1.12. The third-order valence-electron chi connectivity index (χ3n) is 2.92. The Bertz CT molecular complexity index is 608. The van der Waals surface area contributed by atoms with E-state index in [9.17, 15) is 4.79 Å². The Kier molecular flexibility index (Phi) is 2.17. The number of H-pyrrole nitrogens is 1. The van der Waals surface area contributed by atoms with Crippen LogP contribution in [0.15, 0.2) is 10.9 Å². The predicted molar refractivity (Wildman–Crippen MR) is 64.3 cm³/mol. The first kappa shape index (κ1) is 10.3. The summed E-state index contributed by atoms with van der Waals surface area (Å²) in [5.74, 6) is 0.916. The molecule has 0 atom stereocenters. The molecule has 1 saturated carbocycles. The first-order valence-corrected chi connectivity index (χ1v) is 5.90. The molecule has 0 saturated heterocycles. The first-order chi connectivity index (χ1) is 8.15. The summed E-state index contributed by atoms with van der Waals surface area (Å²) < 4.78 is 1.49. The summed E-state index contributed by atoms with van der Waals surface area (Å²) in [6.07, 6.45) is 2.28. The third kappa shape index (κ3) is 1.79. The van der Waals surface area contributed by atoms with Gasteiger partial charge in [0.25, 0.3) is 0 Å². The summed E-state index contributed by atoms with van der Waals surface area (Å²) in [5, 5.41) is 9.72. The van der Waals surface area contributed by atoms with Gasteiger partial charge in [0, 0.05) is 12.1 Å². The van der Waals surface area contributed by atoms with Gasteiger partial charge in [0.1, 0.15) is 0 Å². The SMILES string of the molecule is CC(C)c1cc2n[nH]c(=O)n2c(NC2CC2)n1. The number of fused-ring (bicyclic) bond motifs is 1. The minimum Gasteiger partial charge on any atom is -0.352 e. The molecule has 2 N–H and O–H groups in total. The smallest absolute Gasteiger partial charge is 0.350 e. The van der Waals surface area contributed by atoms with Crippen molar-refractivity contribution in [1.82, 2.24) is 19.6 Å². The van der Waals surface area contributed by atoms with Crippen molar-refractivity contribution in [3.63, 3.8) is 0 Å². The molecule has 0 unspecified atom stereocenters. The molecule has 6 nitrogen and oxygen atoms in total. The standard InChI is InChI=1S/C11H15N5O/c1-6(2)8-5-9-14-15-11(17)16(9)10(13-8)12-7-3-4-7/h5-7H,3-4H2,1-2H3,(H,12,13)(H,15,17). The normalized spacial score (nSPS) is 15.7. The van der Waals surface area contributed by atoms with Gasteiger partial charge in [-0.3, -0.25) is 0 Å². The van der Waals surface area contributed by atoms with Crippen molar-refractivity contribution in [3.05, 3.63) is 22.2 Å². The van der Waals surface area contributed by atoms with E-state index in [1.165, 1.54) is 4.40 Å². The van der Waals surface area contributed by atoms with E-state index in [0.717, 1.165) is 18.5 Å². The van der Waals surface area contributed by atoms with Crippen molar-refractivity contribution >= 4 is 11.6 Å². The van der Waals surface area contributed by atoms with Crippen LogP contribution in [0, 0.1) is 0 Å². The summed E-state index contributed by atoms with van der Waals surface area (Å²) >= 11 is 0. The van der Waals surface area contributed by atoms with E-state index in [0.29, 0.717) is 23.6 Å². The van der Waals surface area contributed by atoms with Crippen LogP contribution in [0.25, 0.3) is 5.65 Å². The Balaban J connectivity index is 2.19. The molecule has 1 aliphatic carbocycles. The van der Waals surface area contributed by atoms with Gasteiger partial charge >= 0.3 is 5.69 Å². The average Bonchev–Trinajstić information content (AvgIpc) is 3.02. The van der Waals surface area contributed by atoms with E-state index in [4.69, 9.17) is 0 Å². The van der Waals surface area contributed by atoms with Crippen molar-refractivity contribution in [2.75, 3.05) is 5.32 Å². The van der Waals surface area contributed by atoms with Crippen molar-refractivity contribution in [2.24, 2.45) is 0 Å². The number of anilines is 1. The Hall–Kier alpha value is -1.85. The molecular weight excluding hydrogens is 218 g/mol. The van der Waals surface area contributed by atoms with Crippen LogP contribution in [-0.2, 0) is 0 Å². The van der Waals surface area contributed by atoms with E-state index < -0.39 is 0 Å². The van der Waals surface area contributed by atoms with Gasteiger partial charge in [-0.1, -0.05) is 13.8 Å². The molecule has 3 rings (SSSR count). The Morgan fingerprint density at radius 2 is 2.29 bits per heavy atom. The molecule has 2 heterocycles. The lowest BCUT2D eigenvalue weighted by Crippen LogP contribution is -2.18. The lowest BCUT2D eigenvalue weighted by molar-refractivity contribution is 0.808. The first-order valence-electron chi connectivity index (χ1n) is 5.90. The van der Waals surface area contributed by atoms with Gasteiger partial charge in [0.05, 0.1) is 5.69 Å². The maximum absolute atomic E-state index is 11.6. The zero-order valence-corrected chi connectivity index (χ0v) is 9.90. The summed E-state index contributed by atoms with van der Waals surface area (Å²) in [5.41, 5.74) is 1.32. The fraction of sp³-hybridized carbons (Fsp3) is 0.545. The minimum atomic E-state index is -0.244. The summed E-state index contributed by atoms with van der Waals surface area (Å²) in [4.78, 5) is 16.2. The Morgan fingerprint density at radius 1 is 1.53 bits per heavy atom. The molecule has 0 radical (unpaired) electrons. The second kappa shape index (κ2) is 3.58. The highest BCUT2D eigenvalue weighted by Gasteiger charge is 2.23. The van der Waals surface area contributed by atoms with Crippen molar-refractivity contribution in [3.8, 4) is 0 Å². The molecule has 0 aliphatic heterocycles. The van der Waals surface area contributed by atoms with Crippen LogP contribution in [0.2, 0.25) is 0 Å². The highest BCUT2D eigenvalue weighted by Crippen LogP contribution is 2.24. The third-order valence-corrected chi connectivity index (χ3v) is 2.92. The van der Waals surface area contributed by atoms with Crippen LogP contribution in [-0.4, -0.2) is 25.6 Å². The average molecular weight is 233 g/mol. The van der Waals surface area contributed by atoms with Gasteiger partial charge < -0.3 is 5.32 Å². The second-order valence-electron chi connectivity index (χ2n) is 4.80. The number of aromatic amines is 1. The van der Waals surface area contributed by atoms with Crippen LogP contribution >= 0.6 is 0 Å². The van der Waals surface area contributed by atoms with Crippen LogP contribution in [0.1, 0.15) is 38.3 Å². The van der Waals surface area contributed by atoms with E-state index in [-0.39, 0.29) is 5.69 Å². The Morgan fingerprint density at radius 3 is 2.94 bits per heavy atom. The van der Waals surface area contributed by atoms with E-state index >= 15 is 0 Å². The lowest BCUT2D eigenvalue weighted by atomic mass is 10.1. The van der Waals surface area contributed by atoms with E-state index in [1.807, 2.05) is 6.07 Å². The molecule has 0 aromatic carbocycles. The van der Waals surface area contributed by atoms with Crippen molar-refractivity contribution in [2.45, 2.75) is 38.6 Å². The number of rotatable bonds is 3. The summed E-state index contributed by atoms with van der Waals surface area (Å²) in [7, 11) is 0. The van der Waals surface area contributed by atoms with Gasteiger partial charge in [-0.25, -0.2) is 19.3 Å². The van der Waals surface area contributed by atoms with Crippen LogP contribution in [0.5, 0.6) is 0 Å². The fourth-order valence-electron chi connectivity index (χ4n) is 1.75. The number of hydrogen-bond donors (Lipinski definition) is 2. The minimum absolute atomic E-state index is 0.244. The van der Waals surface area contributed by atoms with Crippen LogP contribution in [0.3, 0.4) is 0 Å². The number of hydrogen-bond acceptors (Lipinski definition) is 4. The van der Waals surface area contributed by atoms with Gasteiger partial charge in [-0.2, -0.15) is 5.10 Å². The fourth-order valence-corrected chi connectivity index (χ4v) is 1.75. The van der Waals surface area contributed by atoms with Crippen molar-refractivity contribution in [1.29, 1.82) is 0 Å². The highest BCUT2D eigenvalue weighted by molar-refractivity contribution is 5.47. The molecule has 17 heavy (non-hydrogen) atoms. The maximum Gasteiger partial charge on any atom is 0.350 e. The zero-order valence-electron chi connectivity index (χ0n) is 9.90. The molecule has 0 spiro atoms. The summed E-state index contributed by atoms with van der Waals surface area (Å²) in [6, 6.07) is 2.30. The van der Waals surface area contributed by atoms with Crippen molar-refractivity contribution < 1.29 is 0 Å². The molecule has 90 valence electrons. The number of nitrogens with zero attached hydrogens (tertiary/aromatic N) is 3. The number of nitrogens with one attached hydrogen (secondary N) is 2. The monoisotopic (exact) mass is 233 g/mol. The summed E-state index contributed by atoms with van der Waals surface area (Å²) in [6.45, 7) is 4.15. The molecular formula is C11H15N5O. The zero-order chi connectivity index (χ0) is 12.0. The molecule has 1 aliphatic rings. The largest absolute Gasteiger partial charge is 0.352 e. The van der Waals surface area contributed by atoms with Crippen LogP contribution < -0.4 is 11.0 Å². The van der Waals surface area contributed by atoms with Crippen LogP contribution in [0.4, 0.5) is 5.95 Å². The van der Waals surface area contributed by atoms with Gasteiger partial charge in [-0.05, 0) is 18.8 Å². The molecule has 0 bridgehead atoms. The molecule has 6 heteroatoms. The molecule has 2 aromatic rings. The molecule has 0 amide bonds. The Labute approximate surface area is 98.1 Å². The molecule has 1 fully saturated rings. The number of aromatic nitrogens is 4. The quantitative estimate of drug-likeness (QED) is 0.833. The van der Waals surface area contributed by atoms with E-state index in [2.05, 4.69) is 34.3 Å². The van der Waals surface area contributed by atoms with Gasteiger partial charge in [0.15, 0.2) is 5.65 Å². The maximum atomic E-state index is 11.6. The van der Waals surface area contributed by atoms with Gasteiger partial charge in [-0.15, -0.1) is 0 Å². The van der Waals surface area contributed by atoms with E-state index in [1.54, 1.807) is 0 Å². The lowest BCUT2D eigenvalue weighted by Gasteiger charge is -2.10. The topological polar surface area (TPSA) is 75.1 Å². The van der Waals surface area contributed by atoms with Gasteiger partial charge in [0.2, 0.25) is 5.95 Å². The molecule has 2 aromatic heterocycles.